The molecule has 0 aliphatic carbocycles. The molecule has 5 nitrogen and oxygen atoms in total. The van der Waals surface area contributed by atoms with Crippen molar-refractivity contribution in [1.82, 2.24) is 4.72 Å². The van der Waals surface area contributed by atoms with Gasteiger partial charge in [0.1, 0.15) is 18.1 Å². The average molecular weight is 367 g/mol. The lowest BCUT2D eigenvalue weighted by Crippen LogP contribution is -2.36. The molecule has 0 bridgehead atoms. The highest BCUT2D eigenvalue weighted by atomic mass is 32.2. The number of thioether (sulfide) groups is 1. The molecule has 0 aromatic heterocycles. The Balaban J connectivity index is 1.93. The maximum Gasteiger partial charge on any atom is 0.240 e. The maximum absolute atomic E-state index is 12.3. The van der Waals surface area contributed by atoms with Gasteiger partial charge in [0.2, 0.25) is 10.0 Å². The monoisotopic (exact) mass is 367 g/mol. The van der Waals surface area contributed by atoms with Crippen LogP contribution < -0.4 is 14.2 Å². The molecule has 0 saturated heterocycles. The molecule has 0 aliphatic heterocycles. The Kier molecular flexibility index (Phi) is 6.53. The molecule has 7 heteroatoms. The lowest BCUT2D eigenvalue weighted by atomic mass is 10.3. The summed E-state index contributed by atoms with van der Waals surface area (Å²) in [7, 11) is -1.96. The van der Waals surface area contributed by atoms with Crippen LogP contribution in [0.15, 0.2) is 58.3 Å². The third-order valence-corrected chi connectivity index (χ3v) is 5.63. The molecule has 130 valence electrons. The first-order chi connectivity index (χ1) is 11.4. The van der Waals surface area contributed by atoms with Crippen LogP contribution in [0.5, 0.6) is 11.5 Å². The van der Waals surface area contributed by atoms with Gasteiger partial charge in [-0.05, 0) is 61.7 Å². The molecule has 0 aliphatic rings. The molecule has 1 atom stereocenters. The number of rotatable bonds is 8. The summed E-state index contributed by atoms with van der Waals surface area (Å²) in [4.78, 5) is 1.27. The summed E-state index contributed by atoms with van der Waals surface area (Å²) in [5.41, 5.74) is 0. The summed E-state index contributed by atoms with van der Waals surface area (Å²) in [6, 6.07) is 13.6. The number of sulfonamides is 1. The van der Waals surface area contributed by atoms with E-state index in [0.29, 0.717) is 5.75 Å². The van der Waals surface area contributed by atoms with Crippen molar-refractivity contribution >= 4 is 21.8 Å². The van der Waals surface area contributed by atoms with Crippen LogP contribution in [0.2, 0.25) is 0 Å². The number of ether oxygens (including phenoxy) is 2. The van der Waals surface area contributed by atoms with E-state index in [2.05, 4.69) is 4.72 Å². The second-order valence-corrected chi connectivity index (χ2v) is 7.78. The third-order valence-electron chi connectivity index (χ3n) is 3.29. The minimum Gasteiger partial charge on any atom is -0.497 e. The second kappa shape index (κ2) is 8.41. The van der Waals surface area contributed by atoms with E-state index >= 15 is 0 Å². The molecule has 1 unspecified atom stereocenters. The van der Waals surface area contributed by atoms with E-state index in [1.54, 1.807) is 74.3 Å². The van der Waals surface area contributed by atoms with Crippen molar-refractivity contribution in [3.63, 3.8) is 0 Å². The van der Waals surface area contributed by atoms with Crippen molar-refractivity contribution in [3.8, 4) is 11.5 Å². The number of methoxy groups -OCH3 is 1. The summed E-state index contributed by atoms with van der Waals surface area (Å²) in [5, 5.41) is 0. The summed E-state index contributed by atoms with van der Waals surface area (Å²) in [6.45, 7) is 1.99. The topological polar surface area (TPSA) is 64.6 Å². The van der Waals surface area contributed by atoms with Crippen molar-refractivity contribution in [3.05, 3.63) is 48.5 Å². The van der Waals surface area contributed by atoms with Gasteiger partial charge in [-0.1, -0.05) is 0 Å². The molecule has 0 amide bonds. The first-order valence-electron chi connectivity index (χ1n) is 7.38. The molecule has 0 spiro atoms. The quantitative estimate of drug-likeness (QED) is 0.726. The minimum absolute atomic E-state index is 0.231. The average Bonchev–Trinajstić information content (AvgIpc) is 2.60. The van der Waals surface area contributed by atoms with Crippen LogP contribution in [0.25, 0.3) is 0 Å². The fraction of sp³-hybridized carbons (Fsp3) is 0.294. The Hall–Kier alpha value is -1.70. The van der Waals surface area contributed by atoms with Gasteiger partial charge in [0.05, 0.1) is 18.0 Å². The highest BCUT2D eigenvalue weighted by Crippen LogP contribution is 2.19. The van der Waals surface area contributed by atoms with Crippen molar-refractivity contribution < 1.29 is 17.9 Å². The van der Waals surface area contributed by atoms with Gasteiger partial charge in [-0.25, -0.2) is 13.1 Å². The molecular weight excluding hydrogens is 346 g/mol. The normalized spacial score (nSPS) is 12.6. The Bertz CT molecular complexity index is 743. The Morgan fingerprint density at radius 2 is 1.62 bits per heavy atom. The van der Waals surface area contributed by atoms with E-state index in [4.69, 9.17) is 9.47 Å². The van der Waals surface area contributed by atoms with Crippen molar-refractivity contribution in [1.29, 1.82) is 0 Å². The summed E-state index contributed by atoms with van der Waals surface area (Å²) < 4.78 is 38.0. The van der Waals surface area contributed by atoms with E-state index in [1.165, 1.54) is 0 Å². The summed E-state index contributed by atoms with van der Waals surface area (Å²) in [6.07, 6.45) is 1.94. The summed E-state index contributed by atoms with van der Waals surface area (Å²) >= 11 is 1.57. The molecule has 0 radical (unpaired) electrons. The predicted octanol–water partition coefficient (Wildman–Crippen LogP) is 3.16. The van der Waals surface area contributed by atoms with E-state index in [0.717, 1.165) is 10.6 Å². The Morgan fingerprint density at radius 3 is 2.17 bits per heavy atom. The molecule has 1 N–H and O–H groups in total. The smallest absolute Gasteiger partial charge is 0.240 e. The number of nitrogens with one attached hydrogen (secondary N) is 1. The highest BCUT2D eigenvalue weighted by molar-refractivity contribution is 7.98. The largest absolute Gasteiger partial charge is 0.497 e. The van der Waals surface area contributed by atoms with E-state index in [-0.39, 0.29) is 17.5 Å². The molecule has 0 heterocycles. The van der Waals surface area contributed by atoms with Crippen LogP contribution in [-0.4, -0.2) is 34.4 Å². The maximum atomic E-state index is 12.3. The first kappa shape index (κ1) is 18.6. The Morgan fingerprint density at radius 1 is 1.04 bits per heavy atom. The van der Waals surface area contributed by atoms with E-state index < -0.39 is 10.0 Å². The zero-order valence-electron chi connectivity index (χ0n) is 13.9. The second-order valence-electron chi connectivity index (χ2n) is 5.18. The standard InChI is InChI=1S/C17H21NO4S2/c1-13(12-22-15-6-4-14(21-2)5-7-15)18-24(19,20)17-10-8-16(23-3)9-11-17/h4-11,13,18H,12H2,1-3H3. The molecule has 0 saturated carbocycles. The number of hydrogen-bond donors (Lipinski definition) is 1. The van der Waals surface area contributed by atoms with Gasteiger partial charge in [-0.3, -0.25) is 0 Å². The van der Waals surface area contributed by atoms with E-state index in [9.17, 15) is 8.42 Å². The zero-order chi connectivity index (χ0) is 17.6. The highest BCUT2D eigenvalue weighted by Gasteiger charge is 2.17. The van der Waals surface area contributed by atoms with Crippen LogP contribution in [0.4, 0.5) is 0 Å². The lowest BCUT2D eigenvalue weighted by Gasteiger charge is -2.15. The number of hydrogen-bond acceptors (Lipinski definition) is 5. The minimum atomic E-state index is -3.56. The predicted molar refractivity (Wildman–Crippen MR) is 96.5 cm³/mol. The van der Waals surface area contributed by atoms with Gasteiger partial charge < -0.3 is 9.47 Å². The van der Waals surface area contributed by atoms with Gasteiger partial charge in [-0.2, -0.15) is 0 Å². The SMILES string of the molecule is COc1ccc(OCC(C)NS(=O)(=O)c2ccc(SC)cc2)cc1. The molecule has 2 aromatic carbocycles. The van der Waals surface area contributed by atoms with Crippen molar-refractivity contribution in [2.75, 3.05) is 20.0 Å². The van der Waals surface area contributed by atoms with Crippen LogP contribution in [0.3, 0.4) is 0 Å². The van der Waals surface area contributed by atoms with Gasteiger partial charge in [0.15, 0.2) is 0 Å². The fourth-order valence-electron chi connectivity index (χ4n) is 2.01. The molecule has 24 heavy (non-hydrogen) atoms. The molecule has 2 aromatic rings. The number of benzene rings is 2. The van der Waals surface area contributed by atoms with Crippen molar-refractivity contribution in [2.45, 2.75) is 22.8 Å². The van der Waals surface area contributed by atoms with Gasteiger partial charge >= 0.3 is 0 Å². The summed E-state index contributed by atoms with van der Waals surface area (Å²) in [5.74, 6) is 1.40. The van der Waals surface area contributed by atoms with Crippen LogP contribution >= 0.6 is 11.8 Å². The zero-order valence-corrected chi connectivity index (χ0v) is 15.5. The van der Waals surface area contributed by atoms with Crippen LogP contribution in [-0.2, 0) is 10.0 Å². The molecule has 0 fully saturated rings. The van der Waals surface area contributed by atoms with Gasteiger partial charge in [0, 0.05) is 4.90 Å². The van der Waals surface area contributed by atoms with Crippen molar-refractivity contribution in [2.24, 2.45) is 0 Å². The van der Waals surface area contributed by atoms with Crippen LogP contribution in [0, 0.1) is 0 Å². The van der Waals surface area contributed by atoms with Gasteiger partial charge in [-0.15, -0.1) is 11.8 Å². The van der Waals surface area contributed by atoms with Gasteiger partial charge in [0.25, 0.3) is 0 Å². The third kappa shape index (κ3) is 5.15. The Labute approximate surface area is 147 Å². The fourth-order valence-corrected chi connectivity index (χ4v) is 3.65. The lowest BCUT2D eigenvalue weighted by molar-refractivity contribution is 0.287. The first-order valence-corrected chi connectivity index (χ1v) is 10.1. The van der Waals surface area contributed by atoms with Crippen LogP contribution in [0.1, 0.15) is 6.92 Å². The molecule has 2 rings (SSSR count). The molecular formula is C17H21NO4S2. The van der Waals surface area contributed by atoms with E-state index in [1.807, 2.05) is 6.26 Å².